The molecule has 0 saturated carbocycles. The van der Waals surface area contributed by atoms with Gasteiger partial charge in [-0.15, -0.1) is 24.0 Å². The van der Waals surface area contributed by atoms with Crippen molar-refractivity contribution in [1.29, 1.82) is 0 Å². The van der Waals surface area contributed by atoms with Crippen molar-refractivity contribution in [1.82, 2.24) is 16.0 Å². The first-order valence-corrected chi connectivity index (χ1v) is 10.2. The van der Waals surface area contributed by atoms with Crippen LogP contribution in [0.1, 0.15) is 63.4 Å². The number of benzene rings is 1. The zero-order chi connectivity index (χ0) is 21.0. The Balaban J connectivity index is 0.00000784. The van der Waals surface area contributed by atoms with E-state index >= 15 is 0 Å². The Morgan fingerprint density at radius 2 is 1.76 bits per heavy atom. The Bertz CT molecular complexity index is 612. The Morgan fingerprint density at radius 1 is 1.10 bits per heavy atom. The molecule has 6 nitrogen and oxygen atoms in total. The summed E-state index contributed by atoms with van der Waals surface area (Å²) < 4.78 is 5.59. The molecule has 1 aromatic carbocycles. The van der Waals surface area contributed by atoms with E-state index in [2.05, 4.69) is 48.6 Å². The Hall–Kier alpha value is -1.35. The van der Waals surface area contributed by atoms with E-state index in [1.54, 1.807) is 7.11 Å². The summed E-state index contributed by atoms with van der Waals surface area (Å²) >= 11 is 0. The van der Waals surface area contributed by atoms with Gasteiger partial charge in [-0.05, 0) is 36.5 Å². The molecule has 0 fully saturated rings. The fraction of sp³-hybridized carbons (Fsp3) is 0.636. The van der Waals surface area contributed by atoms with Gasteiger partial charge < -0.3 is 20.7 Å². The van der Waals surface area contributed by atoms with Crippen molar-refractivity contribution in [3.8, 4) is 0 Å². The minimum absolute atomic E-state index is 0. The second-order valence-electron chi connectivity index (χ2n) is 7.97. The lowest BCUT2D eigenvalue weighted by Crippen LogP contribution is -2.45. The summed E-state index contributed by atoms with van der Waals surface area (Å²) in [6, 6.07) is 7.61. The fourth-order valence-corrected chi connectivity index (χ4v) is 2.69. The molecule has 7 heteroatoms. The number of rotatable bonds is 10. The molecule has 1 atom stereocenters. The van der Waals surface area contributed by atoms with Crippen LogP contribution in [0.3, 0.4) is 0 Å². The number of unbranched alkanes of at least 4 members (excludes halogenated alkanes) is 1. The first-order valence-electron chi connectivity index (χ1n) is 10.2. The maximum Gasteiger partial charge on any atom is 0.251 e. The molecule has 166 valence electrons. The number of carbonyl (C=O) groups excluding carboxylic acids is 1. The molecule has 0 heterocycles. The van der Waals surface area contributed by atoms with Gasteiger partial charge in [-0.3, -0.25) is 4.79 Å². The second kappa shape index (κ2) is 14.6. The first kappa shape index (κ1) is 27.6. The van der Waals surface area contributed by atoms with Crippen LogP contribution in [-0.2, 0) is 11.3 Å². The van der Waals surface area contributed by atoms with Gasteiger partial charge >= 0.3 is 0 Å². The molecule has 1 unspecified atom stereocenters. The molecule has 0 aliphatic rings. The minimum atomic E-state index is -0.0219. The van der Waals surface area contributed by atoms with Crippen LogP contribution in [0, 0.1) is 5.41 Å². The highest BCUT2D eigenvalue weighted by Gasteiger charge is 2.24. The summed E-state index contributed by atoms with van der Waals surface area (Å²) in [6.07, 6.45) is 2.15. The minimum Gasteiger partial charge on any atom is -0.379 e. The molecule has 0 bridgehead atoms. The molecule has 1 aromatic rings. The van der Waals surface area contributed by atoms with Crippen molar-refractivity contribution in [2.24, 2.45) is 10.4 Å². The molecule has 0 saturated heterocycles. The Labute approximate surface area is 193 Å². The molecular weight excluding hydrogens is 479 g/mol. The molecule has 0 aliphatic carbocycles. The third kappa shape index (κ3) is 10.8. The highest BCUT2D eigenvalue weighted by Crippen LogP contribution is 2.20. The number of halogens is 1. The Morgan fingerprint density at radius 3 is 2.28 bits per heavy atom. The van der Waals surface area contributed by atoms with E-state index < -0.39 is 0 Å². The number of methoxy groups -OCH3 is 1. The average molecular weight is 518 g/mol. The maximum atomic E-state index is 12.1. The SMILES string of the molecule is CCCCNC(=O)c1ccc(CN=C(NCC)NCC(OC)C(C)(C)C)cc1.I. The standard InChI is InChI=1S/C22H38N4O2.HI/c1-7-9-14-24-20(27)18-12-10-17(11-13-18)15-25-21(23-8-2)26-16-19(28-6)22(3,4)5;/h10-13,19H,7-9,14-16H2,1-6H3,(H,24,27)(H2,23,25,26);1H. The van der Waals surface area contributed by atoms with Crippen molar-refractivity contribution in [3.63, 3.8) is 0 Å². The summed E-state index contributed by atoms with van der Waals surface area (Å²) in [5.74, 6) is 0.737. The average Bonchev–Trinajstić information content (AvgIpc) is 2.66. The summed E-state index contributed by atoms with van der Waals surface area (Å²) in [5.41, 5.74) is 1.79. The number of hydrogen-bond donors (Lipinski definition) is 3. The molecule has 0 aromatic heterocycles. The van der Waals surface area contributed by atoms with Crippen molar-refractivity contribution < 1.29 is 9.53 Å². The van der Waals surface area contributed by atoms with E-state index in [0.717, 1.165) is 37.5 Å². The number of guanidine groups is 1. The summed E-state index contributed by atoms with van der Waals surface area (Å²) in [4.78, 5) is 16.7. The van der Waals surface area contributed by atoms with Gasteiger partial charge in [-0.1, -0.05) is 46.2 Å². The number of hydrogen-bond acceptors (Lipinski definition) is 3. The predicted octanol–water partition coefficient (Wildman–Crippen LogP) is 3.95. The van der Waals surface area contributed by atoms with Gasteiger partial charge in [0.05, 0.1) is 12.6 Å². The molecule has 3 N–H and O–H groups in total. The van der Waals surface area contributed by atoms with E-state index in [1.165, 1.54) is 0 Å². The number of nitrogens with one attached hydrogen (secondary N) is 3. The Kier molecular flexibility index (Phi) is 13.9. The van der Waals surface area contributed by atoms with Gasteiger partial charge in [-0.25, -0.2) is 4.99 Å². The van der Waals surface area contributed by atoms with Crippen LogP contribution in [0.2, 0.25) is 0 Å². The number of nitrogens with zero attached hydrogens (tertiary/aromatic N) is 1. The van der Waals surface area contributed by atoms with Crippen molar-refractivity contribution >= 4 is 35.8 Å². The highest BCUT2D eigenvalue weighted by molar-refractivity contribution is 14.0. The largest absolute Gasteiger partial charge is 0.379 e. The number of ether oxygens (including phenoxy) is 1. The quantitative estimate of drug-likeness (QED) is 0.190. The summed E-state index contributed by atoms with van der Waals surface area (Å²) in [5, 5.41) is 9.55. The molecule has 1 rings (SSSR count). The predicted molar refractivity (Wildman–Crippen MR) is 132 cm³/mol. The molecule has 29 heavy (non-hydrogen) atoms. The van der Waals surface area contributed by atoms with Crippen LogP contribution < -0.4 is 16.0 Å². The van der Waals surface area contributed by atoms with Gasteiger partial charge in [0.2, 0.25) is 0 Å². The number of carbonyl (C=O) groups is 1. The van der Waals surface area contributed by atoms with Crippen LogP contribution in [-0.4, -0.2) is 44.7 Å². The third-order valence-electron chi connectivity index (χ3n) is 4.50. The van der Waals surface area contributed by atoms with Crippen LogP contribution >= 0.6 is 24.0 Å². The van der Waals surface area contributed by atoms with E-state index in [1.807, 2.05) is 31.2 Å². The van der Waals surface area contributed by atoms with Gasteiger partial charge in [-0.2, -0.15) is 0 Å². The zero-order valence-electron chi connectivity index (χ0n) is 18.8. The van der Waals surface area contributed by atoms with E-state index in [-0.39, 0.29) is 41.4 Å². The first-order chi connectivity index (χ1) is 13.3. The summed E-state index contributed by atoms with van der Waals surface area (Å²) in [7, 11) is 1.74. The van der Waals surface area contributed by atoms with Crippen molar-refractivity contribution in [2.45, 2.75) is 60.1 Å². The molecule has 1 amide bonds. The number of aliphatic imine (C=N–C) groups is 1. The van der Waals surface area contributed by atoms with E-state index in [4.69, 9.17) is 4.74 Å². The normalized spacial score (nSPS) is 12.7. The van der Waals surface area contributed by atoms with Crippen LogP contribution in [0.15, 0.2) is 29.3 Å². The van der Waals surface area contributed by atoms with Crippen molar-refractivity contribution in [3.05, 3.63) is 35.4 Å². The van der Waals surface area contributed by atoms with Crippen molar-refractivity contribution in [2.75, 3.05) is 26.7 Å². The molecule has 0 radical (unpaired) electrons. The lowest BCUT2D eigenvalue weighted by Gasteiger charge is -2.30. The highest BCUT2D eigenvalue weighted by atomic mass is 127. The van der Waals surface area contributed by atoms with Crippen LogP contribution in [0.5, 0.6) is 0 Å². The lowest BCUT2D eigenvalue weighted by atomic mass is 9.89. The zero-order valence-corrected chi connectivity index (χ0v) is 21.1. The monoisotopic (exact) mass is 518 g/mol. The molecule has 0 spiro atoms. The molecular formula is C22H39IN4O2. The van der Waals surface area contributed by atoms with Gasteiger partial charge in [0, 0.05) is 32.3 Å². The smallest absolute Gasteiger partial charge is 0.251 e. The fourth-order valence-electron chi connectivity index (χ4n) is 2.69. The topological polar surface area (TPSA) is 74.8 Å². The van der Waals surface area contributed by atoms with E-state index in [0.29, 0.717) is 18.7 Å². The van der Waals surface area contributed by atoms with E-state index in [9.17, 15) is 4.79 Å². The number of amides is 1. The second-order valence-corrected chi connectivity index (χ2v) is 7.97. The van der Waals surface area contributed by atoms with Gasteiger partial charge in [0.25, 0.3) is 5.91 Å². The third-order valence-corrected chi connectivity index (χ3v) is 4.50. The summed E-state index contributed by atoms with van der Waals surface area (Å²) in [6.45, 7) is 13.4. The van der Waals surface area contributed by atoms with Crippen LogP contribution in [0.4, 0.5) is 0 Å². The maximum absolute atomic E-state index is 12.1. The van der Waals surface area contributed by atoms with Crippen LogP contribution in [0.25, 0.3) is 0 Å². The lowest BCUT2D eigenvalue weighted by molar-refractivity contribution is 0.0205. The molecule has 0 aliphatic heterocycles. The van der Waals surface area contributed by atoms with Gasteiger partial charge in [0.1, 0.15) is 0 Å². The van der Waals surface area contributed by atoms with Gasteiger partial charge in [0.15, 0.2) is 5.96 Å².